The maximum Gasteiger partial charge on any atom is 0.321 e. The van der Waals surface area contributed by atoms with Gasteiger partial charge in [-0.3, -0.25) is 9.89 Å². The highest BCUT2D eigenvalue weighted by molar-refractivity contribution is 6.30. The summed E-state index contributed by atoms with van der Waals surface area (Å²) in [5.41, 5.74) is 8.07. The molecule has 0 unspecified atom stereocenters. The van der Waals surface area contributed by atoms with Crippen molar-refractivity contribution in [2.75, 3.05) is 20.6 Å². The number of hydrogen-bond donors (Lipinski definition) is 1. The number of urea groups is 1. The molecule has 0 aromatic heterocycles. The summed E-state index contributed by atoms with van der Waals surface area (Å²) in [4.78, 5) is 17.0. The Morgan fingerprint density at radius 2 is 2.07 bits per heavy atom. The maximum absolute atomic E-state index is 11.6. The second-order valence-corrected chi connectivity index (χ2v) is 6.44. The molecule has 1 atom stereocenters. The second-order valence-electron chi connectivity index (χ2n) is 6.01. The molecule has 7 heteroatoms. The number of hydrazone groups is 1. The molecule has 0 aliphatic carbocycles. The topological polar surface area (TPSA) is 74.3 Å². The number of carbonyl (C=O) groups is 1. The SMILES string of the molecule is C=C(/C=C\C=C/C)[C@H]1CN(C(=NC)N(C)C(N)=O)N=C1c1ccc(Cl)cc1. The molecule has 0 spiro atoms. The van der Waals surface area contributed by atoms with Gasteiger partial charge in [0.25, 0.3) is 0 Å². The van der Waals surface area contributed by atoms with Gasteiger partial charge in [-0.1, -0.05) is 54.6 Å². The van der Waals surface area contributed by atoms with E-state index in [1.807, 2.05) is 55.5 Å². The average molecular weight is 386 g/mol. The third-order valence-electron chi connectivity index (χ3n) is 4.18. The minimum atomic E-state index is -0.603. The van der Waals surface area contributed by atoms with Crippen LogP contribution < -0.4 is 5.73 Å². The largest absolute Gasteiger partial charge is 0.351 e. The minimum absolute atomic E-state index is 0.0642. The third-order valence-corrected chi connectivity index (χ3v) is 4.43. The fraction of sp³-hybridized carbons (Fsp3) is 0.250. The molecule has 0 fully saturated rings. The number of amides is 2. The van der Waals surface area contributed by atoms with Gasteiger partial charge >= 0.3 is 6.03 Å². The Morgan fingerprint density at radius 1 is 1.41 bits per heavy atom. The van der Waals surface area contributed by atoms with Crippen molar-refractivity contribution < 1.29 is 4.79 Å². The summed E-state index contributed by atoms with van der Waals surface area (Å²) in [7, 11) is 3.16. The Labute approximate surface area is 165 Å². The third kappa shape index (κ3) is 4.86. The lowest BCUT2D eigenvalue weighted by Gasteiger charge is -2.23. The number of benzene rings is 1. The molecule has 1 heterocycles. The molecule has 0 radical (unpaired) electrons. The van der Waals surface area contributed by atoms with Crippen molar-refractivity contribution in [1.82, 2.24) is 9.91 Å². The molecule has 1 aliphatic rings. The first-order chi connectivity index (χ1) is 12.9. The van der Waals surface area contributed by atoms with E-state index >= 15 is 0 Å². The van der Waals surface area contributed by atoms with Crippen molar-refractivity contribution in [1.29, 1.82) is 0 Å². The van der Waals surface area contributed by atoms with Gasteiger partial charge < -0.3 is 5.73 Å². The second kappa shape index (κ2) is 9.19. The first-order valence-electron chi connectivity index (χ1n) is 8.49. The number of aliphatic imine (C=N–C) groups is 1. The number of hydrogen-bond acceptors (Lipinski definition) is 3. The van der Waals surface area contributed by atoms with Crippen LogP contribution in [-0.4, -0.2) is 48.3 Å². The maximum atomic E-state index is 11.6. The quantitative estimate of drug-likeness (QED) is 0.488. The van der Waals surface area contributed by atoms with Crippen molar-refractivity contribution in [2.45, 2.75) is 6.92 Å². The van der Waals surface area contributed by atoms with Crippen LogP contribution in [0.4, 0.5) is 4.79 Å². The summed E-state index contributed by atoms with van der Waals surface area (Å²) in [5.74, 6) is 0.312. The van der Waals surface area contributed by atoms with E-state index in [2.05, 4.69) is 11.6 Å². The van der Waals surface area contributed by atoms with Gasteiger partial charge in [0.2, 0.25) is 5.96 Å². The number of halogens is 1. The number of allylic oxidation sites excluding steroid dienone is 4. The predicted molar refractivity (Wildman–Crippen MR) is 112 cm³/mol. The Hall–Kier alpha value is -2.86. The predicted octanol–water partition coefficient (Wildman–Crippen LogP) is 3.66. The molecule has 2 rings (SSSR count). The van der Waals surface area contributed by atoms with Crippen LogP contribution in [-0.2, 0) is 0 Å². The van der Waals surface area contributed by atoms with Crippen LogP contribution in [0, 0.1) is 5.92 Å². The Kier molecular flexibility index (Phi) is 6.96. The van der Waals surface area contributed by atoms with Crippen LogP contribution in [0.5, 0.6) is 0 Å². The normalized spacial score (nSPS) is 17.6. The number of carbonyl (C=O) groups excluding carboxylic acids is 1. The number of nitrogens with zero attached hydrogens (tertiary/aromatic N) is 4. The van der Waals surface area contributed by atoms with Gasteiger partial charge in [0.05, 0.1) is 12.3 Å². The molecule has 0 saturated heterocycles. The monoisotopic (exact) mass is 385 g/mol. The lowest BCUT2D eigenvalue weighted by Crippen LogP contribution is -2.45. The van der Waals surface area contributed by atoms with Crippen molar-refractivity contribution >= 4 is 29.3 Å². The Bertz CT molecular complexity index is 823. The molecule has 1 aliphatic heterocycles. The number of guanidine groups is 1. The van der Waals surface area contributed by atoms with Gasteiger partial charge in [0.15, 0.2) is 0 Å². The Balaban J connectivity index is 2.41. The molecule has 0 saturated carbocycles. The van der Waals surface area contributed by atoms with E-state index < -0.39 is 6.03 Å². The molecule has 1 aromatic rings. The van der Waals surface area contributed by atoms with E-state index in [0.29, 0.717) is 17.5 Å². The van der Waals surface area contributed by atoms with Crippen LogP contribution >= 0.6 is 11.6 Å². The first kappa shape index (κ1) is 20.5. The summed E-state index contributed by atoms with van der Waals surface area (Å²) in [6.07, 6.45) is 7.79. The van der Waals surface area contributed by atoms with Crippen LogP contribution in [0.15, 0.2) is 70.8 Å². The van der Waals surface area contributed by atoms with Gasteiger partial charge in [-0.25, -0.2) is 9.80 Å². The smallest absolute Gasteiger partial charge is 0.321 e. The lowest BCUT2D eigenvalue weighted by molar-refractivity contribution is 0.230. The van der Waals surface area contributed by atoms with E-state index in [0.717, 1.165) is 16.8 Å². The van der Waals surface area contributed by atoms with Crippen molar-refractivity contribution in [3.8, 4) is 0 Å². The van der Waals surface area contributed by atoms with Gasteiger partial charge in [-0.2, -0.15) is 5.10 Å². The highest BCUT2D eigenvalue weighted by Gasteiger charge is 2.33. The summed E-state index contributed by atoms with van der Waals surface area (Å²) in [6.45, 7) is 6.66. The van der Waals surface area contributed by atoms with E-state index in [1.54, 1.807) is 19.1 Å². The van der Waals surface area contributed by atoms with Crippen LogP contribution in [0.1, 0.15) is 12.5 Å². The zero-order chi connectivity index (χ0) is 20.0. The fourth-order valence-corrected chi connectivity index (χ4v) is 2.87. The number of rotatable bonds is 4. The number of primary amides is 1. The molecule has 6 nitrogen and oxygen atoms in total. The van der Waals surface area contributed by atoms with Crippen molar-refractivity contribution in [3.05, 3.63) is 71.3 Å². The number of nitrogens with two attached hydrogens (primary N) is 1. The van der Waals surface area contributed by atoms with E-state index in [4.69, 9.17) is 22.4 Å². The molecule has 0 bridgehead atoms. The van der Waals surface area contributed by atoms with E-state index in [1.165, 1.54) is 4.90 Å². The minimum Gasteiger partial charge on any atom is -0.351 e. The summed E-state index contributed by atoms with van der Waals surface area (Å²) >= 11 is 6.02. The van der Waals surface area contributed by atoms with Crippen molar-refractivity contribution in [3.63, 3.8) is 0 Å². The standard InChI is InChI=1S/C20H24ClN5O/c1-5-6-7-8-14(2)17-13-26(20(23-3)25(4)19(22)27)24-18(17)15-9-11-16(21)12-10-15/h5-12,17H,2,13H2,1,3-4H3,(H2,22,27)/b6-5-,8-7-,23-20?/t17-/m1/s1. The molecule has 27 heavy (non-hydrogen) atoms. The molecule has 142 valence electrons. The van der Waals surface area contributed by atoms with Crippen molar-refractivity contribution in [2.24, 2.45) is 21.7 Å². The Morgan fingerprint density at radius 3 is 2.63 bits per heavy atom. The van der Waals surface area contributed by atoms with Gasteiger partial charge in [0, 0.05) is 25.0 Å². The summed E-state index contributed by atoms with van der Waals surface area (Å²) in [6, 6.07) is 6.88. The van der Waals surface area contributed by atoms with Crippen LogP contribution in [0.2, 0.25) is 5.02 Å². The average Bonchev–Trinajstić information content (AvgIpc) is 3.08. The molecule has 2 N–H and O–H groups in total. The lowest BCUT2D eigenvalue weighted by atomic mass is 9.91. The van der Waals surface area contributed by atoms with Crippen LogP contribution in [0.25, 0.3) is 0 Å². The fourth-order valence-electron chi connectivity index (χ4n) is 2.74. The zero-order valence-electron chi connectivity index (χ0n) is 15.8. The van der Waals surface area contributed by atoms with Crippen LogP contribution in [0.3, 0.4) is 0 Å². The highest BCUT2D eigenvalue weighted by atomic mass is 35.5. The molecular formula is C20H24ClN5O. The van der Waals surface area contributed by atoms with Gasteiger partial charge in [-0.15, -0.1) is 0 Å². The molecule has 2 amide bonds. The van der Waals surface area contributed by atoms with Gasteiger partial charge in [0.1, 0.15) is 0 Å². The van der Waals surface area contributed by atoms with Gasteiger partial charge in [-0.05, 0) is 30.2 Å². The van der Waals surface area contributed by atoms with E-state index in [-0.39, 0.29) is 5.92 Å². The zero-order valence-corrected chi connectivity index (χ0v) is 16.5. The van der Waals surface area contributed by atoms with E-state index in [9.17, 15) is 4.79 Å². The molecule has 1 aromatic carbocycles. The highest BCUT2D eigenvalue weighted by Crippen LogP contribution is 2.27. The summed E-state index contributed by atoms with van der Waals surface area (Å²) < 4.78 is 0. The first-order valence-corrected chi connectivity index (χ1v) is 8.86. The summed E-state index contributed by atoms with van der Waals surface area (Å²) in [5, 5.41) is 7.04. The molecular weight excluding hydrogens is 362 g/mol.